The first-order chi connectivity index (χ1) is 9.90. The smallest absolute Gasteiger partial charge is 0.370 e. The van der Waals surface area contributed by atoms with Gasteiger partial charge in [0.05, 0.1) is 10.6 Å². The molecule has 0 saturated carbocycles. The molecule has 0 radical (unpaired) electrons. The van der Waals surface area contributed by atoms with E-state index in [0.717, 1.165) is 23.9 Å². The minimum atomic E-state index is -4.41. The molecule has 0 bridgehead atoms. The van der Waals surface area contributed by atoms with Gasteiger partial charge >= 0.3 is 6.18 Å². The molecular formula is C14H12ClF3N2S. The summed E-state index contributed by atoms with van der Waals surface area (Å²) in [4.78, 5) is 4.83. The van der Waals surface area contributed by atoms with E-state index in [1.165, 1.54) is 0 Å². The van der Waals surface area contributed by atoms with Crippen LogP contribution in [0, 0.1) is 0 Å². The number of alkyl halides is 3. The van der Waals surface area contributed by atoms with E-state index in [9.17, 15) is 13.2 Å². The number of rotatable bonds is 4. The molecule has 0 aliphatic carbocycles. The van der Waals surface area contributed by atoms with Crippen molar-refractivity contribution < 1.29 is 13.2 Å². The Morgan fingerprint density at radius 2 is 1.95 bits per heavy atom. The molecule has 0 unspecified atom stereocenters. The van der Waals surface area contributed by atoms with Gasteiger partial charge in [0.1, 0.15) is 10.8 Å². The second-order valence-electron chi connectivity index (χ2n) is 4.14. The zero-order chi connectivity index (χ0) is 15.5. The fourth-order valence-electron chi connectivity index (χ4n) is 1.63. The van der Waals surface area contributed by atoms with Crippen LogP contribution in [0.4, 0.5) is 19.0 Å². The molecule has 2 rings (SSSR count). The van der Waals surface area contributed by atoms with Gasteiger partial charge in [-0.05, 0) is 31.2 Å². The average molecular weight is 333 g/mol. The van der Waals surface area contributed by atoms with Crippen molar-refractivity contribution >= 4 is 29.2 Å². The first kappa shape index (κ1) is 16.0. The van der Waals surface area contributed by atoms with Gasteiger partial charge in [-0.25, -0.2) is 4.98 Å². The van der Waals surface area contributed by atoms with Crippen LogP contribution in [0.2, 0.25) is 5.02 Å². The van der Waals surface area contributed by atoms with Crippen LogP contribution in [0.1, 0.15) is 12.5 Å². The Kier molecular flexibility index (Phi) is 5.00. The van der Waals surface area contributed by atoms with Crippen molar-refractivity contribution in [3.63, 3.8) is 0 Å². The summed E-state index contributed by atoms with van der Waals surface area (Å²) in [5, 5.41) is 3.53. The lowest BCUT2D eigenvalue weighted by atomic mass is 10.2. The van der Waals surface area contributed by atoms with E-state index in [0.29, 0.717) is 16.5 Å². The Morgan fingerprint density at radius 1 is 1.24 bits per heavy atom. The number of anilines is 1. The van der Waals surface area contributed by atoms with E-state index in [1.807, 2.05) is 0 Å². The molecule has 112 valence electrons. The largest absolute Gasteiger partial charge is 0.416 e. The zero-order valence-electron chi connectivity index (χ0n) is 11.0. The number of halogens is 4. The van der Waals surface area contributed by atoms with Crippen LogP contribution in [0.3, 0.4) is 0 Å². The van der Waals surface area contributed by atoms with Crippen LogP contribution in [0.25, 0.3) is 0 Å². The molecule has 1 aromatic carbocycles. The highest BCUT2D eigenvalue weighted by Gasteiger charge is 2.31. The number of nitrogens with zero attached hydrogens (tertiary/aromatic N) is 1. The lowest BCUT2D eigenvalue weighted by Gasteiger charge is -2.12. The molecule has 0 aliphatic rings. The molecule has 0 spiro atoms. The first-order valence-electron chi connectivity index (χ1n) is 6.15. The maximum Gasteiger partial charge on any atom is 0.416 e. The summed E-state index contributed by atoms with van der Waals surface area (Å²) in [5.41, 5.74) is -0.733. The lowest BCUT2D eigenvalue weighted by molar-refractivity contribution is -0.137. The zero-order valence-corrected chi connectivity index (χ0v) is 12.6. The molecule has 1 aromatic heterocycles. The summed E-state index contributed by atoms with van der Waals surface area (Å²) in [7, 11) is 0. The SMILES string of the molecule is CCNc1cc(C(F)(F)F)cc(Sc2ccccc2Cl)n1. The standard InChI is InChI=1S/C14H12ClF3N2S/c1-2-19-12-7-9(14(16,17)18)8-13(20-12)21-11-6-4-3-5-10(11)15/h3-8H,2H2,1H3,(H,19,20). The quantitative estimate of drug-likeness (QED) is 0.818. The Balaban J connectivity index is 2.38. The van der Waals surface area contributed by atoms with Gasteiger partial charge in [0.25, 0.3) is 0 Å². The van der Waals surface area contributed by atoms with Crippen molar-refractivity contribution in [2.45, 2.75) is 23.0 Å². The van der Waals surface area contributed by atoms with Crippen molar-refractivity contribution in [2.75, 3.05) is 11.9 Å². The Bertz CT molecular complexity index is 632. The minimum Gasteiger partial charge on any atom is -0.370 e. The predicted octanol–water partition coefficient (Wildman–Crippen LogP) is 5.34. The van der Waals surface area contributed by atoms with Crippen LogP contribution >= 0.6 is 23.4 Å². The van der Waals surface area contributed by atoms with Gasteiger partial charge < -0.3 is 5.32 Å². The molecule has 0 saturated heterocycles. The van der Waals surface area contributed by atoms with Crippen molar-refractivity contribution in [2.24, 2.45) is 0 Å². The Labute approximate surface area is 129 Å². The van der Waals surface area contributed by atoms with Gasteiger partial charge in [-0.2, -0.15) is 13.2 Å². The van der Waals surface area contributed by atoms with Crippen molar-refractivity contribution in [1.29, 1.82) is 0 Å². The molecule has 0 atom stereocenters. The van der Waals surface area contributed by atoms with Gasteiger partial charge in [-0.3, -0.25) is 0 Å². The Hall–Kier alpha value is -1.40. The number of hydrogen-bond acceptors (Lipinski definition) is 3. The molecular weight excluding hydrogens is 321 g/mol. The maximum atomic E-state index is 12.9. The van der Waals surface area contributed by atoms with Gasteiger partial charge in [-0.15, -0.1) is 0 Å². The normalized spacial score (nSPS) is 11.5. The van der Waals surface area contributed by atoms with E-state index in [4.69, 9.17) is 11.6 Å². The average Bonchev–Trinajstić information content (AvgIpc) is 2.41. The number of benzene rings is 1. The fourth-order valence-corrected chi connectivity index (χ4v) is 2.75. The number of nitrogens with one attached hydrogen (secondary N) is 1. The summed E-state index contributed by atoms with van der Waals surface area (Å²) in [5.74, 6) is 0.196. The molecule has 1 N–H and O–H groups in total. The van der Waals surface area contributed by atoms with E-state index in [-0.39, 0.29) is 10.8 Å². The third kappa shape index (κ3) is 4.28. The maximum absolute atomic E-state index is 12.9. The predicted molar refractivity (Wildman–Crippen MR) is 79.0 cm³/mol. The molecule has 1 heterocycles. The van der Waals surface area contributed by atoms with E-state index in [1.54, 1.807) is 31.2 Å². The van der Waals surface area contributed by atoms with Gasteiger partial charge in [0, 0.05) is 11.4 Å². The molecule has 0 fully saturated rings. The van der Waals surface area contributed by atoms with Crippen LogP contribution in [-0.2, 0) is 6.18 Å². The number of aromatic nitrogens is 1. The van der Waals surface area contributed by atoms with Crippen molar-refractivity contribution in [1.82, 2.24) is 4.98 Å². The van der Waals surface area contributed by atoms with Gasteiger partial charge in [0.2, 0.25) is 0 Å². The van der Waals surface area contributed by atoms with E-state index >= 15 is 0 Å². The lowest BCUT2D eigenvalue weighted by Crippen LogP contribution is -2.08. The number of pyridine rings is 1. The third-order valence-electron chi connectivity index (χ3n) is 2.54. The van der Waals surface area contributed by atoms with E-state index < -0.39 is 11.7 Å². The molecule has 7 heteroatoms. The van der Waals surface area contributed by atoms with Crippen LogP contribution in [0.5, 0.6) is 0 Å². The van der Waals surface area contributed by atoms with Gasteiger partial charge in [0.15, 0.2) is 0 Å². The highest BCUT2D eigenvalue weighted by Crippen LogP contribution is 2.37. The monoisotopic (exact) mass is 332 g/mol. The van der Waals surface area contributed by atoms with Crippen LogP contribution in [-0.4, -0.2) is 11.5 Å². The van der Waals surface area contributed by atoms with Crippen molar-refractivity contribution in [3.05, 3.63) is 47.0 Å². The molecule has 2 aromatic rings. The second kappa shape index (κ2) is 6.58. The summed E-state index contributed by atoms with van der Waals surface area (Å²) >= 11 is 7.12. The van der Waals surface area contributed by atoms with Crippen LogP contribution in [0.15, 0.2) is 46.3 Å². The topological polar surface area (TPSA) is 24.9 Å². The molecule has 0 aliphatic heterocycles. The molecule has 2 nitrogen and oxygen atoms in total. The second-order valence-corrected chi connectivity index (χ2v) is 5.61. The third-order valence-corrected chi connectivity index (χ3v) is 3.97. The highest BCUT2D eigenvalue weighted by atomic mass is 35.5. The molecule has 21 heavy (non-hydrogen) atoms. The summed E-state index contributed by atoms with van der Waals surface area (Å²) in [6.45, 7) is 2.29. The summed E-state index contributed by atoms with van der Waals surface area (Å²) in [6, 6.07) is 8.97. The van der Waals surface area contributed by atoms with Gasteiger partial charge in [-0.1, -0.05) is 35.5 Å². The Morgan fingerprint density at radius 3 is 2.57 bits per heavy atom. The summed E-state index contributed by atoms with van der Waals surface area (Å²) in [6.07, 6.45) is -4.41. The first-order valence-corrected chi connectivity index (χ1v) is 7.35. The minimum absolute atomic E-state index is 0.196. The van der Waals surface area contributed by atoms with Crippen molar-refractivity contribution in [3.8, 4) is 0 Å². The fraction of sp³-hybridized carbons (Fsp3) is 0.214. The van der Waals surface area contributed by atoms with E-state index in [2.05, 4.69) is 10.3 Å². The molecule has 0 amide bonds. The number of hydrogen-bond donors (Lipinski definition) is 1. The van der Waals surface area contributed by atoms with Crippen LogP contribution < -0.4 is 5.32 Å². The highest BCUT2D eigenvalue weighted by molar-refractivity contribution is 7.99. The summed E-state index contributed by atoms with van der Waals surface area (Å²) < 4.78 is 38.7.